The number of carbonyl (C=O) groups excluding carboxylic acids is 1. The smallest absolute Gasteiger partial charge is 0.266 e. The van der Waals surface area contributed by atoms with Crippen molar-refractivity contribution in [3.8, 4) is 5.75 Å². The van der Waals surface area contributed by atoms with E-state index in [4.69, 9.17) is 4.74 Å². The fraction of sp³-hybridized carbons (Fsp3) is 0.312. The second-order valence-electron chi connectivity index (χ2n) is 4.96. The maximum Gasteiger partial charge on any atom is 0.266 e. The summed E-state index contributed by atoms with van der Waals surface area (Å²) >= 11 is 0. The van der Waals surface area contributed by atoms with Crippen molar-refractivity contribution in [1.29, 1.82) is 0 Å². The molecule has 3 rings (SSSR count). The largest absolute Gasteiger partial charge is 0.484 e. The van der Waals surface area contributed by atoms with E-state index in [1.54, 1.807) is 11.1 Å². The Labute approximate surface area is 123 Å². The van der Waals surface area contributed by atoms with Gasteiger partial charge in [0.2, 0.25) is 0 Å². The van der Waals surface area contributed by atoms with Crippen molar-refractivity contribution in [3.63, 3.8) is 0 Å². The van der Waals surface area contributed by atoms with Crippen molar-refractivity contribution in [3.05, 3.63) is 47.9 Å². The van der Waals surface area contributed by atoms with Crippen LogP contribution in [0, 0.1) is 0 Å². The van der Waals surface area contributed by atoms with E-state index in [0.29, 0.717) is 12.4 Å². The molecule has 5 nitrogen and oxygen atoms in total. The van der Waals surface area contributed by atoms with E-state index in [9.17, 15) is 4.79 Å². The molecule has 0 radical (unpaired) electrons. The molecule has 0 N–H and O–H groups in total. The topological polar surface area (TPSA) is 55.3 Å². The monoisotopic (exact) mass is 283 g/mol. The van der Waals surface area contributed by atoms with E-state index in [1.807, 2.05) is 24.3 Å². The summed E-state index contributed by atoms with van der Waals surface area (Å²) in [6, 6.07) is 7.82. The molecule has 108 valence electrons. The van der Waals surface area contributed by atoms with Gasteiger partial charge in [-0.15, -0.1) is 0 Å². The Morgan fingerprint density at radius 3 is 3.19 bits per heavy atom. The van der Waals surface area contributed by atoms with Crippen molar-refractivity contribution in [2.45, 2.75) is 19.8 Å². The third kappa shape index (κ3) is 2.86. The molecule has 1 aliphatic heterocycles. The Bertz CT molecular complexity index is 657. The second-order valence-corrected chi connectivity index (χ2v) is 4.96. The Hall–Kier alpha value is -2.43. The van der Waals surface area contributed by atoms with E-state index in [1.165, 1.54) is 11.9 Å². The molecule has 0 aliphatic carbocycles. The lowest BCUT2D eigenvalue weighted by atomic mass is 10.2. The Balaban J connectivity index is 1.65. The number of ether oxygens (including phenoxy) is 1. The van der Waals surface area contributed by atoms with Crippen LogP contribution >= 0.6 is 0 Å². The number of fused-ring (bicyclic) bond motifs is 1. The predicted molar refractivity (Wildman–Crippen MR) is 79.4 cm³/mol. The van der Waals surface area contributed by atoms with E-state index < -0.39 is 0 Å². The fourth-order valence-electron chi connectivity index (χ4n) is 2.43. The highest BCUT2D eigenvalue weighted by atomic mass is 16.5. The van der Waals surface area contributed by atoms with Crippen LogP contribution in [0.4, 0.5) is 5.82 Å². The summed E-state index contributed by atoms with van der Waals surface area (Å²) in [7, 11) is 0. The SMILES string of the molecule is CCc1cccc(OCC(=O)N2CCc3cncnc32)c1. The number of benzene rings is 1. The van der Waals surface area contributed by atoms with Gasteiger partial charge in [0.05, 0.1) is 0 Å². The van der Waals surface area contributed by atoms with E-state index in [-0.39, 0.29) is 12.5 Å². The number of rotatable bonds is 4. The van der Waals surface area contributed by atoms with Gasteiger partial charge < -0.3 is 4.74 Å². The van der Waals surface area contributed by atoms with Crippen LogP contribution < -0.4 is 9.64 Å². The number of hydrogen-bond donors (Lipinski definition) is 0. The van der Waals surface area contributed by atoms with Gasteiger partial charge in [-0.2, -0.15) is 0 Å². The summed E-state index contributed by atoms with van der Waals surface area (Å²) in [6.07, 6.45) is 4.98. The minimum atomic E-state index is -0.0747. The summed E-state index contributed by atoms with van der Waals surface area (Å²) in [5.74, 6) is 1.36. The van der Waals surface area contributed by atoms with Crippen LogP contribution in [0.25, 0.3) is 0 Å². The number of anilines is 1. The highest BCUT2D eigenvalue weighted by Crippen LogP contribution is 2.24. The van der Waals surface area contributed by atoms with Gasteiger partial charge in [-0.3, -0.25) is 9.69 Å². The van der Waals surface area contributed by atoms with Crippen LogP contribution in [-0.4, -0.2) is 29.0 Å². The summed E-state index contributed by atoms with van der Waals surface area (Å²) in [4.78, 5) is 22.1. The molecule has 0 atom stereocenters. The molecule has 21 heavy (non-hydrogen) atoms. The first-order chi connectivity index (χ1) is 10.3. The van der Waals surface area contributed by atoms with Crippen LogP contribution in [0.15, 0.2) is 36.8 Å². The summed E-state index contributed by atoms with van der Waals surface area (Å²) < 4.78 is 5.60. The summed E-state index contributed by atoms with van der Waals surface area (Å²) in [6.45, 7) is 2.76. The van der Waals surface area contributed by atoms with Crippen LogP contribution in [0.5, 0.6) is 5.75 Å². The zero-order valence-electron chi connectivity index (χ0n) is 12.0. The number of aromatic nitrogens is 2. The Kier molecular flexibility index (Phi) is 3.81. The highest BCUT2D eigenvalue weighted by Gasteiger charge is 2.26. The molecule has 0 bridgehead atoms. The Morgan fingerprint density at radius 2 is 2.33 bits per heavy atom. The number of aryl methyl sites for hydroxylation is 1. The van der Waals surface area contributed by atoms with E-state index in [2.05, 4.69) is 16.9 Å². The van der Waals surface area contributed by atoms with Gasteiger partial charge in [0.25, 0.3) is 5.91 Å². The molecule has 2 heterocycles. The standard InChI is InChI=1S/C16H17N3O2/c1-2-12-4-3-5-14(8-12)21-10-15(20)19-7-6-13-9-17-11-18-16(13)19/h3-5,8-9,11H,2,6-7,10H2,1H3. The summed E-state index contributed by atoms with van der Waals surface area (Å²) in [5, 5.41) is 0. The average Bonchev–Trinajstić information content (AvgIpc) is 2.97. The van der Waals surface area contributed by atoms with Crippen molar-refractivity contribution in [2.75, 3.05) is 18.1 Å². The molecule has 2 aromatic rings. The fourth-order valence-corrected chi connectivity index (χ4v) is 2.43. The van der Waals surface area contributed by atoms with Gasteiger partial charge in [0, 0.05) is 18.3 Å². The first kappa shape index (κ1) is 13.5. The van der Waals surface area contributed by atoms with E-state index >= 15 is 0 Å². The minimum Gasteiger partial charge on any atom is -0.484 e. The molecule has 0 spiro atoms. The molecule has 0 saturated heterocycles. The first-order valence-corrected chi connectivity index (χ1v) is 7.09. The molecular formula is C16H17N3O2. The van der Waals surface area contributed by atoms with Crippen LogP contribution in [0.2, 0.25) is 0 Å². The molecule has 1 amide bonds. The molecule has 1 aromatic carbocycles. The van der Waals surface area contributed by atoms with Crippen molar-refractivity contribution >= 4 is 11.7 Å². The zero-order chi connectivity index (χ0) is 14.7. The zero-order valence-corrected chi connectivity index (χ0v) is 12.0. The normalized spacial score (nSPS) is 13.1. The minimum absolute atomic E-state index is 0.0244. The lowest BCUT2D eigenvalue weighted by molar-refractivity contribution is -0.120. The van der Waals surface area contributed by atoms with Crippen LogP contribution in [0.3, 0.4) is 0 Å². The van der Waals surface area contributed by atoms with Crippen molar-refractivity contribution in [1.82, 2.24) is 9.97 Å². The predicted octanol–water partition coefficient (Wildman–Crippen LogP) is 2.01. The molecule has 1 aliphatic rings. The van der Waals surface area contributed by atoms with E-state index in [0.717, 1.165) is 24.2 Å². The van der Waals surface area contributed by atoms with Gasteiger partial charge in [-0.25, -0.2) is 9.97 Å². The molecule has 0 fully saturated rings. The second kappa shape index (κ2) is 5.91. The van der Waals surface area contributed by atoms with Crippen LogP contribution in [-0.2, 0) is 17.6 Å². The molecular weight excluding hydrogens is 266 g/mol. The Morgan fingerprint density at radius 1 is 1.43 bits per heavy atom. The van der Waals surface area contributed by atoms with Gasteiger partial charge in [0.15, 0.2) is 6.61 Å². The quantitative estimate of drug-likeness (QED) is 0.861. The maximum atomic E-state index is 12.3. The van der Waals surface area contributed by atoms with Gasteiger partial charge in [-0.1, -0.05) is 19.1 Å². The summed E-state index contributed by atoms with van der Waals surface area (Å²) in [5.41, 5.74) is 2.21. The van der Waals surface area contributed by atoms with Gasteiger partial charge in [-0.05, 0) is 30.5 Å². The van der Waals surface area contributed by atoms with Gasteiger partial charge in [0.1, 0.15) is 17.9 Å². The van der Waals surface area contributed by atoms with Gasteiger partial charge >= 0.3 is 0 Å². The lowest BCUT2D eigenvalue weighted by Crippen LogP contribution is -2.33. The number of hydrogen-bond acceptors (Lipinski definition) is 4. The lowest BCUT2D eigenvalue weighted by Gasteiger charge is -2.16. The molecule has 0 saturated carbocycles. The van der Waals surface area contributed by atoms with Crippen LogP contribution in [0.1, 0.15) is 18.1 Å². The molecule has 1 aromatic heterocycles. The molecule has 5 heteroatoms. The first-order valence-electron chi connectivity index (χ1n) is 7.09. The molecule has 0 unspecified atom stereocenters. The van der Waals surface area contributed by atoms with Crippen molar-refractivity contribution < 1.29 is 9.53 Å². The average molecular weight is 283 g/mol. The third-order valence-electron chi connectivity index (χ3n) is 3.59. The number of amides is 1. The third-order valence-corrected chi connectivity index (χ3v) is 3.59. The maximum absolute atomic E-state index is 12.3. The van der Waals surface area contributed by atoms with Crippen molar-refractivity contribution in [2.24, 2.45) is 0 Å². The highest BCUT2D eigenvalue weighted by molar-refractivity contribution is 5.95. The number of carbonyl (C=O) groups is 1. The number of nitrogens with zero attached hydrogens (tertiary/aromatic N) is 3.